The van der Waals surface area contributed by atoms with Crippen LogP contribution in [0.3, 0.4) is 0 Å². The molecule has 2 fully saturated rings. The maximum Gasteiger partial charge on any atom is 0.128 e. The second-order valence-electron chi connectivity index (χ2n) is 20.1. The molecular formula is C61H66IrN2O-2. The van der Waals surface area contributed by atoms with Gasteiger partial charge in [-0.15, -0.1) is 47.5 Å². The average Bonchev–Trinajstić information content (AvgIpc) is 3.77. The Morgan fingerprint density at radius 2 is 1.42 bits per heavy atom. The van der Waals surface area contributed by atoms with Gasteiger partial charge in [-0.2, -0.15) is 0 Å². The number of hydrogen-bond acceptors (Lipinski definition) is 3. The van der Waals surface area contributed by atoms with Crippen LogP contribution < -0.4 is 0 Å². The van der Waals surface area contributed by atoms with Gasteiger partial charge in [-0.3, -0.25) is 0 Å². The van der Waals surface area contributed by atoms with Gasteiger partial charge in [0.25, 0.3) is 0 Å². The summed E-state index contributed by atoms with van der Waals surface area (Å²) in [6.45, 7) is 7.41. The number of rotatable bonds is 6. The first kappa shape index (κ1) is 35.3. The summed E-state index contributed by atoms with van der Waals surface area (Å²) in [5.41, 5.74) is 6.14. The Hall–Kier alpha value is -4.89. The summed E-state index contributed by atoms with van der Waals surface area (Å²) in [5.74, 6) is -0.855. The summed E-state index contributed by atoms with van der Waals surface area (Å²) in [6, 6.07) is 38.8. The van der Waals surface area contributed by atoms with Gasteiger partial charge < -0.3 is 14.4 Å². The van der Waals surface area contributed by atoms with Crippen molar-refractivity contribution < 1.29 is 38.2 Å². The molecule has 2 saturated carbocycles. The summed E-state index contributed by atoms with van der Waals surface area (Å²) in [6.07, 6.45) is 9.71. The minimum absolute atomic E-state index is 0. The van der Waals surface area contributed by atoms with Crippen LogP contribution in [-0.2, 0) is 32.9 Å². The molecule has 3 heterocycles. The van der Waals surface area contributed by atoms with Gasteiger partial charge in [-0.05, 0) is 119 Å². The van der Waals surface area contributed by atoms with Crippen molar-refractivity contribution in [1.29, 1.82) is 0 Å². The van der Waals surface area contributed by atoms with Gasteiger partial charge in [0.1, 0.15) is 5.58 Å². The summed E-state index contributed by atoms with van der Waals surface area (Å²) in [4.78, 5) is 9.24. The number of pyridine rings is 2. The molecule has 10 rings (SSSR count). The van der Waals surface area contributed by atoms with Gasteiger partial charge in [0.05, 0.1) is 5.58 Å². The fourth-order valence-electron chi connectivity index (χ4n) is 9.82. The third-order valence-electron chi connectivity index (χ3n) is 13.0. The van der Waals surface area contributed by atoms with E-state index in [0.717, 1.165) is 75.1 Å². The van der Waals surface area contributed by atoms with Gasteiger partial charge in [-0.1, -0.05) is 169 Å². The van der Waals surface area contributed by atoms with E-state index in [1.165, 1.54) is 44.4 Å². The smallest absolute Gasteiger partial charge is 0.128 e. The SMILES string of the molecule is [2H]C([2H])c1cnc(-c2[c-]cc(C([2H])([2H])[2H])c(-c3ccccc3)c2)cc1C([2H])([2H])C(C)(C)C.[2H]C1(c2cc(-c3[c-]ccc4c3oc3c5ccccc5ccc43)ncc2C([2H])([2H])C(C)(C)C)CCC2(CCCCC2)CC1.[Ir]. The third-order valence-corrected chi connectivity index (χ3v) is 13.0. The van der Waals surface area contributed by atoms with Crippen molar-refractivity contribution in [2.24, 2.45) is 16.2 Å². The predicted molar refractivity (Wildman–Crippen MR) is 270 cm³/mol. The largest absolute Gasteiger partial charge is 0.500 e. The van der Waals surface area contributed by atoms with Crippen LogP contribution in [0.2, 0.25) is 0 Å². The van der Waals surface area contributed by atoms with Gasteiger partial charge in [-0.25, -0.2) is 0 Å². The standard InChI is InChI=1S/C37H40NO.C24H26N.Ir/c1-36(2,3)23-27-24-38-33(22-32(27)26-16-20-37(21-17-26)18-7-4-8-19-37)31-13-9-12-29-30-15-14-25-10-5-6-11-28(25)34(30)39-35(29)31;1-17-11-12-20(13-22(17)19-9-7-6-8-10-19)23-14-21(15-24(3,4)5)18(2)16-25-23;/h5-6,9-12,14-15,22,24,26H,4,7-8,16-21,23H2,1-3H3;6-11,13-14,16H,15H2,1-5H3;/q2*-1;/i23D2,26D;1D3,2D2,15D2;. The topological polar surface area (TPSA) is 38.9 Å². The second-order valence-corrected chi connectivity index (χ2v) is 20.1. The number of fused-ring (bicyclic) bond motifs is 5. The molecule has 1 radical (unpaired) electrons. The molecular weight excluding hydrogens is 969 g/mol. The van der Waals surface area contributed by atoms with Crippen LogP contribution in [0.25, 0.3) is 66.4 Å². The van der Waals surface area contributed by atoms with Crippen molar-refractivity contribution in [2.45, 2.75) is 132 Å². The molecule has 3 nitrogen and oxygen atoms in total. The molecule has 0 amide bonds. The fraction of sp³-hybridized carbons (Fsp3) is 0.377. The fourth-order valence-corrected chi connectivity index (χ4v) is 9.82. The predicted octanol–water partition coefficient (Wildman–Crippen LogP) is 17.2. The van der Waals surface area contributed by atoms with Crippen LogP contribution in [-0.4, -0.2) is 9.97 Å². The molecule has 65 heavy (non-hydrogen) atoms. The molecule has 8 aromatic rings. The van der Waals surface area contributed by atoms with Crippen LogP contribution >= 0.6 is 0 Å². The summed E-state index contributed by atoms with van der Waals surface area (Å²) < 4.78 is 91.7. The third kappa shape index (κ3) is 10.4. The second kappa shape index (κ2) is 19.1. The molecule has 0 N–H and O–H groups in total. The van der Waals surface area contributed by atoms with E-state index in [2.05, 4.69) is 41.4 Å². The van der Waals surface area contributed by atoms with Crippen LogP contribution in [0.1, 0.15) is 147 Å². The quantitative estimate of drug-likeness (QED) is 0.156. The summed E-state index contributed by atoms with van der Waals surface area (Å²) >= 11 is 0. The first-order valence-electron chi connectivity index (χ1n) is 28.1. The molecule has 0 atom stereocenters. The zero-order valence-electron chi connectivity index (χ0n) is 48.5. The van der Waals surface area contributed by atoms with Crippen LogP contribution in [0.5, 0.6) is 0 Å². The minimum Gasteiger partial charge on any atom is -0.500 e. The number of aromatic nitrogens is 2. The Bertz CT molecular complexity index is 3340. The summed E-state index contributed by atoms with van der Waals surface area (Å²) in [7, 11) is 0. The maximum atomic E-state index is 9.86. The monoisotopic (exact) mass is 1050 g/mol. The molecule has 3 aromatic heterocycles. The molecule has 0 saturated heterocycles. The van der Waals surface area contributed by atoms with Gasteiger partial charge in [0, 0.05) is 57.0 Å². The van der Waals surface area contributed by atoms with E-state index in [1.54, 1.807) is 39.1 Å². The van der Waals surface area contributed by atoms with Gasteiger partial charge >= 0.3 is 0 Å². The Labute approximate surface area is 416 Å². The van der Waals surface area contributed by atoms with Crippen molar-refractivity contribution in [3.05, 3.63) is 155 Å². The van der Waals surface area contributed by atoms with Gasteiger partial charge in [0.15, 0.2) is 0 Å². The van der Waals surface area contributed by atoms with Crippen molar-refractivity contribution in [2.75, 3.05) is 0 Å². The normalized spacial score (nSPS) is 18.9. The van der Waals surface area contributed by atoms with E-state index in [-0.39, 0.29) is 36.8 Å². The minimum atomic E-state index is -2.32. The number of nitrogens with zero attached hydrogens (tertiary/aromatic N) is 2. The number of furan rings is 1. The zero-order valence-corrected chi connectivity index (χ0v) is 40.9. The van der Waals surface area contributed by atoms with Crippen molar-refractivity contribution in [3.63, 3.8) is 0 Å². The Morgan fingerprint density at radius 3 is 2.15 bits per heavy atom. The molecule has 2 aliphatic rings. The van der Waals surface area contributed by atoms with E-state index >= 15 is 0 Å². The van der Waals surface area contributed by atoms with E-state index in [9.17, 15) is 4.11 Å². The molecule has 4 heteroatoms. The van der Waals surface area contributed by atoms with Crippen LogP contribution in [0, 0.1) is 42.1 Å². The molecule has 0 aliphatic heterocycles. The maximum absolute atomic E-state index is 9.86. The van der Waals surface area contributed by atoms with Crippen molar-refractivity contribution >= 4 is 32.7 Å². The molecule has 2 aliphatic carbocycles. The van der Waals surface area contributed by atoms with E-state index in [4.69, 9.17) is 19.0 Å². The number of aryl methyl sites for hydroxylation is 2. The first-order valence-corrected chi connectivity index (χ1v) is 23.0. The van der Waals surface area contributed by atoms with Crippen LogP contribution in [0.4, 0.5) is 0 Å². The number of benzene rings is 5. The zero-order chi connectivity index (χ0) is 53.2. The van der Waals surface area contributed by atoms with E-state index < -0.39 is 43.2 Å². The first-order chi connectivity index (χ1) is 34.7. The Kier molecular flexibility index (Phi) is 10.4. The van der Waals surface area contributed by atoms with Crippen molar-refractivity contribution in [3.8, 4) is 33.6 Å². The van der Waals surface area contributed by atoms with Gasteiger partial charge in [0.2, 0.25) is 0 Å². The Morgan fingerprint density at radius 1 is 0.708 bits per heavy atom. The van der Waals surface area contributed by atoms with E-state index in [1.807, 2.05) is 81.4 Å². The molecule has 1 spiro atoms. The number of hydrogen-bond donors (Lipinski definition) is 0. The molecule has 0 unspecified atom stereocenters. The van der Waals surface area contributed by atoms with Crippen molar-refractivity contribution in [1.82, 2.24) is 9.97 Å². The molecule has 0 bridgehead atoms. The molecule has 337 valence electrons. The summed E-state index contributed by atoms with van der Waals surface area (Å²) in [5, 5.41) is 4.28. The van der Waals surface area contributed by atoms with Crippen LogP contribution in [0.15, 0.2) is 120 Å². The average molecular weight is 1050 g/mol. The Balaban J connectivity index is 0.000000205. The molecule has 5 aromatic carbocycles. The van der Waals surface area contributed by atoms with E-state index in [0.29, 0.717) is 33.5 Å².